The highest BCUT2D eigenvalue weighted by Crippen LogP contribution is 2.24. The molecule has 2 rings (SSSR count). The van der Waals surface area contributed by atoms with Gasteiger partial charge in [0.25, 0.3) is 0 Å². The van der Waals surface area contributed by atoms with E-state index < -0.39 is 0 Å². The van der Waals surface area contributed by atoms with Crippen LogP contribution in [0.3, 0.4) is 0 Å². The van der Waals surface area contributed by atoms with Crippen LogP contribution in [0.4, 0.5) is 0 Å². The highest BCUT2D eigenvalue weighted by molar-refractivity contribution is 14.1. The molecule has 0 unspecified atom stereocenters. The van der Waals surface area contributed by atoms with Crippen molar-refractivity contribution in [2.24, 2.45) is 0 Å². The molecule has 2 aromatic carbocycles. The van der Waals surface area contributed by atoms with E-state index in [-0.39, 0.29) is 5.78 Å². The maximum Gasteiger partial charge on any atom is 0.160 e. The third kappa shape index (κ3) is 1.54. The second-order valence-electron chi connectivity index (χ2n) is 3.20. The van der Waals surface area contributed by atoms with E-state index in [4.69, 9.17) is 0 Å². The average Bonchev–Trinajstić information content (AvgIpc) is 2.18. The standard InChI is InChI=1S/C12H9IO/c1-8(14)10-7-6-9-4-2-3-5-11(9)12(10)13/h2-7H,1H3. The number of ketones is 1. The van der Waals surface area contributed by atoms with Crippen molar-refractivity contribution >= 4 is 39.1 Å². The third-order valence-corrected chi connectivity index (χ3v) is 3.40. The Morgan fingerprint density at radius 1 is 1.14 bits per heavy atom. The Labute approximate surface area is 96.3 Å². The van der Waals surface area contributed by atoms with Crippen LogP contribution in [0, 0.1) is 3.57 Å². The molecule has 14 heavy (non-hydrogen) atoms. The summed E-state index contributed by atoms with van der Waals surface area (Å²) in [4.78, 5) is 11.3. The van der Waals surface area contributed by atoms with Crippen LogP contribution < -0.4 is 0 Å². The van der Waals surface area contributed by atoms with Crippen LogP contribution in [-0.4, -0.2) is 5.78 Å². The summed E-state index contributed by atoms with van der Waals surface area (Å²) in [5.74, 6) is 0.125. The summed E-state index contributed by atoms with van der Waals surface area (Å²) in [7, 11) is 0. The molecule has 0 atom stereocenters. The molecule has 0 fully saturated rings. The first kappa shape index (κ1) is 9.65. The predicted molar refractivity (Wildman–Crippen MR) is 66.7 cm³/mol. The Kier molecular flexibility index (Phi) is 2.54. The maximum atomic E-state index is 11.3. The predicted octanol–water partition coefficient (Wildman–Crippen LogP) is 3.65. The average molecular weight is 296 g/mol. The smallest absolute Gasteiger partial charge is 0.160 e. The van der Waals surface area contributed by atoms with Crippen LogP contribution in [0.25, 0.3) is 10.8 Å². The number of fused-ring (bicyclic) bond motifs is 1. The van der Waals surface area contributed by atoms with Crippen molar-refractivity contribution in [1.82, 2.24) is 0 Å². The summed E-state index contributed by atoms with van der Waals surface area (Å²) in [5, 5.41) is 2.34. The zero-order valence-corrected chi connectivity index (χ0v) is 9.91. The quantitative estimate of drug-likeness (QED) is 0.580. The van der Waals surface area contributed by atoms with Gasteiger partial charge in [0.1, 0.15) is 0 Å². The van der Waals surface area contributed by atoms with E-state index in [1.165, 1.54) is 5.39 Å². The van der Waals surface area contributed by atoms with E-state index in [9.17, 15) is 4.79 Å². The zero-order valence-electron chi connectivity index (χ0n) is 7.75. The second kappa shape index (κ2) is 3.69. The normalized spacial score (nSPS) is 10.4. The van der Waals surface area contributed by atoms with Crippen molar-refractivity contribution in [2.75, 3.05) is 0 Å². The third-order valence-electron chi connectivity index (χ3n) is 2.24. The molecular weight excluding hydrogens is 287 g/mol. The minimum Gasteiger partial charge on any atom is -0.294 e. The molecule has 1 nitrogen and oxygen atoms in total. The number of benzene rings is 2. The van der Waals surface area contributed by atoms with Gasteiger partial charge in [-0.3, -0.25) is 4.79 Å². The fourth-order valence-electron chi connectivity index (χ4n) is 1.51. The Balaban J connectivity index is 2.81. The number of hydrogen-bond acceptors (Lipinski definition) is 1. The van der Waals surface area contributed by atoms with Gasteiger partial charge in [0.05, 0.1) is 0 Å². The number of halogens is 1. The Morgan fingerprint density at radius 3 is 2.57 bits per heavy atom. The van der Waals surface area contributed by atoms with Gasteiger partial charge in [-0.15, -0.1) is 0 Å². The van der Waals surface area contributed by atoms with Crippen LogP contribution in [0.15, 0.2) is 36.4 Å². The van der Waals surface area contributed by atoms with E-state index in [1.54, 1.807) is 6.92 Å². The lowest BCUT2D eigenvalue weighted by Crippen LogP contribution is -1.96. The second-order valence-corrected chi connectivity index (χ2v) is 4.28. The lowest BCUT2D eigenvalue weighted by molar-refractivity contribution is 0.101. The number of Topliss-reactive ketones (excluding diaryl/α,β-unsaturated/α-hetero) is 1. The molecule has 70 valence electrons. The van der Waals surface area contributed by atoms with E-state index in [2.05, 4.69) is 28.7 Å². The zero-order chi connectivity index (χ0) is 10.1. The Bertz CT molecular complexity index is 503. The Morgan fingerprint density at radius 2 is 1.86 bits per heavy atom. The monoisotopic (exact) mass is 296 g/mol. The summed E-state index contributed by atoms with van der Waals surface area (Å²) in [6.45, 7) is 1.60. The molecular formula is C12H9IO. The highest BCUT2D eigenvalue weighted by Gasteiger charge is 2.07. The first-order valence-corrected chi connectivity index (χ1v) is 5.46. The molecule has 0 aromatic heterocycles. The van der Waals surface area contributed by atoms with Crippen molar-refractivity contribution < 1.29 is 4.79 Å². The largest absolute Gasteiger partial charge is 0.294 e. The summed E-state index contributed by atoms with van der Waals surface area (Å²) in [6, 6.07) is 12.0. The summed E-state index contributed by atoms with van der Waals surface area (Å²) < 4.78 is 1.05. The van der Waals surface area contributed by atoms with Crippen LogP contribution in [-0.2, 0) is 0 Å². The first-order chi connectivity index (χ1) is 6.70. The summed E-state index contributed by atoms with van der Waals surface area (Å²) in [5.41, 5.74) is 0.810. The fourth-order valence-corrected chi connectivity index (χ4v) is 2.56. The topological polar surface area (TPSA) is 17.1 Å². The van der Waals surface area contributed by atoms with E-state index in [1.807, 2.05) is 30.3 Å². The number of rotatable bonds is 1. The molecule has 0 bridgehead atoms. The van der Waals surface area contributed by atoms with Crippen molar-refractivity contribution in [3.05, 3.63) is 45.5 Å². The van der Waals surface area contributed by atoms with Crippen molar-refractivity contribution in [3.63, 3.8) is 0 Å². The van der Waals surface area contributed by atoms with E-state index in [0.29, 0.717) is 0 Å². The molecule has 0 spiro atoms. The molecule has 0 heterocycles. The van der Waals surface area contributed by atoms with Crippen LogP contribution >= 0.6 is 22.6 Å². The Hall–Kier alpha value is -0.900. The van der Waals surface area contributed by atoms with Gasteiger partial charge in [-0.1, -0.05) is 30.3 Å². The minimum atomic E-state index is 0.125. The van der Waals surface area contributed by atoms with Crippen molar-refractivity contribution in [1.29, 1.82) is 0 Å². The molecule has 0 aliphatic carbocycles. The molecule has 0 aliphatic heterocycles. The molecule has 0 saturated carbocycles. The maximum absolute atomic E-state index is 11.3. The van der Waals surface area contributed by atoms with Gasteiger partial charge in [0, 0.05) is 9.13 Å². The molecule has 0 aliphatic rings. The van der Waals surface area contributed by atoms with Crippen LogP contribution in [0.1, 0.15) is 17.3 Å². The number of carbonyl (C=O) groups is 1. The van der Waals surface area contributed by atoms with Gasteiger partial charge in [0.15, 0.2) is 5.78 Å². The number of hydrogen-bond donors (Lipinski definition) is 0. The van der Waals surface area contributed by atoms with Crippen molar-refractivity contribution in [2.45, 2.75) is 6.92 Å². The molecule has 0 amide bonds. The molecule has 0 radical (unpaired) electrons. The van der Waals surface area contributed by atoms with Gasteiger partial charge in [0.2, 0.25) is 0 Å². The van der Waals surface area contributed by atoms with Gasteiger partial charge in [-0.25, -0.2) is 0 Å². The number of carbonyl (C=O) groups excluding carboxylic acids is 1. The van der Waals surface area contributed by atoms with Crippen LogP contribution in [0.2, 0.25) is 0 Å². The van der Waals surface area contributed by atoms with Gasteiger partial charge in [-0.05, 0) is 46.4 Å². The highest BCUT2D eigenvalue weighted by atomic mass is 127. The van der Waals surface area contributed by atoms with Gasteiger partial charge < -0.3 is 0 Å². The van der Waals surface area contributed by atoms with Crippen molar-refractivity contribution in [3.8, 4) is 0 Å². The minimum absolute atomic E-state index is 0.125. The van der Waals surface area contributed by atoms with Gasteiger partial charge in [-0.2, -0.15) is 0 Å². The van der Waals surface area contributed by atoms with Gasteiger partial charge >= 0.3 is 0 Å². The lowest BCUT2D eigenvalue weighted by Gasteiger charge is -2.04. The first-order valence-electron chi connectivity index (χ1n) is 4.38. The molecule has 0 N–H and O–H groups in total. The van der Waals surface area contributed by atoms with Crippen LogP contribution in [0.5, 0.6) is 0 Å². The fraction of sp³-hybridized carbons (Fsp3) is 0.0833. The molecule has 2 heteroatoms. The SMILES string of the molecule is CC(=O)c1ccc2ccccc2c1I. The summed E-state index contributed by atoms with van der Waals surface area (Å²) >= 11 is 2.23. The molecule has 2 aromatic rings. The summed E-state index contributed by atoms with van der Waals surface area (Å²) in [6.07, 6.45) is 0. The molecule has 0 saturated heterocycles. The van der Waals surface area contributed by atoms with E-state index >= 15 is 0 Å². The van der Waals surface area contributed by atoms with E-state index in [0.717, 1.165) is 14.5 Å². The lowest BCUT2D eigenvalue weighted by atomic mass is 10.1.